The molecule has 9 nitrogen and oxygen atoms in total. The smallest absolute Gasteiger partial charge is 0.227 e. The van der Waals surface area contributed by atoms with E-state index in [4.69, 9.17) is 4.52 Å². The largest absolute Gasteiger partial charge is 0.356 e. The third-order valence-corrected chi connectivity index (χ3v) is 7.12. The van der Waals surface area contributed by atoms with Crippen molar-refractivity contribution in [2.75, 3.05) is 19.6 Å². The van der Waals surface area contributed by atoms with Crippen molar-refractivity contribution in [3.8, 4) is 0 Å². The predicted octanol–water partition coefficient (Wildman–Crippen LogP) is 3.23. The van der Waals surface area contributed by atoms with Crippen molar-refractivity contribution in [1.29, 1.82) is 0 Å². The highest BCUT2D eigenvalue weighted by atomic mass is 16.5. The number of nitrogens with one attached hydrogen (secondary N) is 2. The van der Waals surface area contributed by atoms with Crippen LogP contribution in [0.1, 0.15) is 103 Å². The molecule has 1 saturated carbocycles. The molecule has 0 unspecified atom stereocenters. The van der Waals surface area contributed by atoms with E-state index in [1.165, 1.54) is 6.92 Å². The first-order valence-corrected chi connectivity index (χ1v) is 13.1. The lowest BCUT2D eigenvalue weighted by atomic mass is 9.89. The van der Waals surface area contributed by atoms with Gasteiger partial charge in [0.1, 0.15) is 5.54 Å². The summed E-state index contributed by atoms with van der Waals surface area (Å²) in [7, 11) is 0. The van der Waals surface area contributed by atoms with Gasteiger partial charge in [0.15, 0.2) is 5.82 Å². The second-order valence-electron chi connectivity index (χ2n) is 9.84. The Morgan fingerprint density at radius 3 is 2.44 bits per heavy atom. The number of carbonyl (C=O) groups excluding carboxylic acids is 3. The van der Waals surface area contributed by atoms with Crippen molar-refractivity contribution in [3.63, 3.8) is 0 Å². The Morgan fingerprint density at radius 2 is 1.79 bits per heavy atom. The molecule has 2 fully saturated rings. The Bertz CT molecular complexity index is 808. The van der Waals surface area contributed by atoms with E-state index in [9.17, 15) is 14.4 Å². The fraction of sp³-hybridized carbons (Fsp3) is 0.800. The lowest BCUT2D eigenvalue weighted by Gasteiger charge is -2.31. The molecule has 1 aromatic rings. The number of hydrogen-bond acceptors (Lipinski definition) is 6. The van der Waals surface area contributed by atoms with Gasteiger partial charge in [0.25, 0.3) is 0 Å². The summed E-state index contributed by atoms with van der Waals surface area (Å²) in [5.74, 6) is 1.02. The molecule has 2 N–H and O–H groups in total. The molecule has 0 atom stereocenters. The van der Waals surface area contributed by atoms with Crippen LogP contribution in [0.4, 0.5) is 0 Å². The SMILES string of the molecule is CCCCCNC(=O)C1CCN(C(=O)CCc2nc(C3(NC(C)=O)CCCCCC3)no2)CC1. The van der Waals surface area contributed by atoms with Crippen LogP contribution in [0, 0.1) is 5.92 Å². The number of amides is 3. The molecule has 0 bridgehead atoms. The first kappa shape index (κ1) is 26.2. The van der Waals surface area contributed by atoms with E-state index in [2.05, 4.69) is 27.7 Å². The molecule has 0 spiro atoms. The Balaban J connectivity index is 1.47. The van der Waals surface area contributed by atoms with E-state index < -0.39 is 5.54 Å². The fourth-order valence-corrected chi connectivity index (χ4v) is 5.12. The molecule has 0 aromatic carbocycles. The monoisotopic (exact) mass is 475 g/mol. The molecule has 190 valence electrons. The molecule has 2 aliphatic rings. The number of rotatable bonds is 10. The highest BCUT2D eigenvalue weighted by Gasteiger charge is 2.38. The molecule has 0 radical (unpaired) electrons. The zero-order chi connectivity index (χ0) is 24.4. The molecule has 2 heterocycles. The van der Waals surface area contributed by atoms with Crippen LogP contribution in [0.2, 0.25) is 0 Å². The zero-order valence-electron chi connectivity index (χ0n) is 20.9. The van der Waals surface area contributed by atoms with Crippen LogP contribution < -0.4 is 10.6 Å². The summed E-state index contributed by atoms with van der Waals surface area (Å²) in [6.45, 7) is 5.61. The second kappa shape index (κ2) is 12.9. The van der Waals surface area contributed by atoms with Crippen molar-refractivity contribution in [2.24, 2.45) is 5.92 Å². The normalized spacial score (nSPS) is 18.8. The van der Waals surface area contributed by atoms with Gasteiger partial charge in [0, 0.05) is 45.3 Å². The van der Waals surface area contributed by atoms with Gasteiger partial charge in [0.2, 0.25) is 23.6 Å². The minimum atomic E-state index is -0.576. The third kappa shape index (κ3) is 7.27. The first-order chi connectivity index (χ1) is 16.4. The zero-order valence-corrected chi connectivity index (χ0v) is 20.9. The van der Waals surface area contributed by atoms with Crippen LogP contribution >= 0.6 is 0 Å². The molecular formula is C25H41N5O4. The quantitative estimate of drug-likeness (QED) is 0.396. The van der Waals surface area contributed by atoms with E-state index >= 15 is 0 Å². The summed E-state index contributed by atoms with van der Waals surface area (Å²) in [6, 6.07) is 0. The molecule has 34 heavy (non-hydrogen) atoms. The lowest BCUT2D eigenvalue weighted by molar-refractivity contribution is -0.135. The summed E-state index contributed by atoms with van der Waals surface area (Å²) >= 11 is 0. The van der Waals surface area contributed by atoms with Crippen molar-refractivity contribution in [2.45, 2.75) is 103 Å². The Labute approximate surface area is 202 Å². The number of aromatic nitrogens is 2. The summed E-state index contributed by atoms with van der Waals surface area (Å²) in [5, 5.41) is 10.3. The van der Waals surface area contributed by atoms with Gasteiger partial charge in [-0.3, -0.25) is 14.4 Å². The van der Waals surface area contributed by atoms with Crippen LogP contribution in [-0.4, -0.2) is 52.4 Å². The first-order valence-electron chi connectivity index (χ1n) is 13.1. The topological polar surface area (TPSA) is 117 Å². The van der Waals surface area contributed by atoms with Gasteiger partial charge in [0.05, 0.1) is 0 Å². The van der Waals surface area contributed by atoms with Gasteiger partial charge in [-0.15, -0.1) is 0 Å². The van der Waals surface area contributed by atoms with Crippen LogP contribution in [0.25, 0.3) is 0 Å². The number of nitrogens with zero attached hydrogens (tertiary/aromatic N) is 3. The Hall–Kier alpha value is -2.45. The number of hydrogen-bond donors (Lipinski definition) is 2. The summed E-state index contributed by atoms with van der Waals surface area (Å²) in [4.78, 5) is 43.3. The summed E-state index contributed by atoms with van der Waals surface area (Å²) in [5.41, 5.74) is -0.576. The number of carbonyl (C=O) groups is 3. The van der Waals surface area contributed by atoms with Gasteiger partial charge >= 0.3 is 0 Å². The number of likely N-dealkylation sites (tertiary alicyclic amines) is 1. The fourth-order valence-electron chi connectivity index (χ4n) is 5.12. The van der Waals surface area contributed by atoms with E-state index in [0.29, 0.717) is 50.5 Å². The van der Waals surface area contributed by atoms with Gasteiger partial charge < -0.3 is 20.1 Å². The maximum atomic E-state index is 12.7. The lowest BCUT2D eigenvalue weighted by Crippen LogP contribution is -2.45. The van der Waals surface area contributed by atoms with Gasteiger partial charge in [-0.1, -0.05) is 50.6 Å². The molecule has 1 aliphatic heterocycles. The van der Waals surface area contributed by atoms with Crippen LogP contribution in [0.3, 0.4) is 0 Å². The maximum absolute atomic E-state index is 12.7. The molecule has 3 rings (SSSR count). The van der Waals surface area contributed by atoms with Crippen molar-refractivity contribution in [1.82, 2.24) is 25.7 Å². The second-order valence-corrected chi connectivity index (χ2v) is 9.84. The van der Waals surface area contributed by atoms with E-state index in [1.807, 2.05) is 4.90 Å². The molecule has 3 amide bonds. The van der Waals surface area contributed by atoms with E-state index in [-0.39, 0.29) is 23.6 Å². The number of aryl methyl sites for hydroxylation is 1. The van der Waals surface area contributed by atoms with Crippen LogP contribution in [0.5, 0.6) is 0 Å². The number of unbranched alkanes of at least 4 members (excludes halogenated alkanes) is 2. The molecule has 9 heteroatoms. The van der Waals surface area contributed by atoms with Gasteiger partial charge in [-0.05, 0) is 32.1 Å². The van der Waals surface area contributed by atoms with Gasteiger partial charge in [-0.2, -0.15) is 4.98 Å². The van der Waals surface area contributed by atoms with E-state index in [1.54, 1.807) is 0 Å². The minimum Gasteiger partial charge on any atom is -0.356 e. The van der Waals surface area contributed by atoms with Crippen LogP contribution in [-0.2, 0) is 26.3 Å². The highest BCUT2D eigenvalue weighted by Crippen LogP contribution is 2.34. The maximum Gasteiger partial charge on any atom is 0.227 e. The van der Waals surface area contributed by atoms with Crippen molar-refractivity contribution < 1.29 is 18.9 Å². The average Bonchev–Trinajstić information content (AvgIpc) is 3.20. The summed E-state index contributed by atoms with van der Waals surface area (Å²) in [6.07, 6.45) is 11.2. The van der Waals surface area contributed by atoms with Crippen molar-refractivity contribution in [3.05, 3.63) is 11.7 Å². The highest BCUT2D eigenvalue weighted by molar-refractivity contribution is 5.80. The molecular weight excluding hydrogens is 434 g/mol. The molecule has 1 saturated heterocycles. The van der Waals surface area contributed by atoms with Crippen molar-refractivity contribution >= 4 is 17.7 Å². The molecule has 1 aromatic heterocycles. The predicted molar refractivity (Wildman–Crippen MR) is 128 cm³/mol. The summed E-state index contributed by atoms with van der Waals surface area (Å²) < 4.78 is 5.47. The average molecular weight is 476 g/mol. The minimum absolute atomic E-state index is 0.00582. The standard InChI is InChI=1S/C25H41N5O4/c1-3-4-9-16-26-23(33)20-12-17-30(18-13-20)22(32)11-10-21-27-24(29-34-21)25(28-19(2)31)14-7-5-6-8-15-25/h20H,3-18H2,1-2H3,(H,26,33)(H,28,31). The Morgan fingerprint density at radius 1 is 1.09 bits per heavy atom. The van der Waals surface area contributed by atoms with Crippen LogP contribution in [0.15, 0.2) is 4.52 Å². The van der Waals surface area contributed by atoms with Gasteiger partial charge in [-0.25, -0.2) is 0 Å². The molecule has 1 aliphatic carbocycles. The third-order valence-electron chi connectivity index (χ3n) is 7.12. The number of piperidine rings is 1. The Kier molecular flexibility index (Phi) is 9.89. The van der Waals surface area contributed by atoms with E-state index in [0.717, 1.165) is 64.3 Å².